The largest absolute Gasteiger partial charge is 0.497 e. The maximum atomic E-state index is 5.66. The van der Waals surface area contributed by atoms with Crippen molar-refractivity contribution in [2.45, 2.75) is 32.7 Å². The van der Waals surface area contributed by atoms with Gasteiger partial charge in [-0.3, -0.25) is 5.10 Å². The minimum atomic E-state index is 0.427. The van der Waals surface area contributed by atoms with E-state index in [-0.39, 0.29) is 0 Å². The number of nitrogens with one attached hydrogen (secondary N) is 3. The molecule has 1 fully saturated rings. The Morgan fingerprint density at radius 3 is 2.79 bits per heavy atom. The van der Waals surface area contributed by atoms with Crippen molar-refractivity contribution in [1.82, 2.24) is 25.8 Å². The van der Waals surface area contributed by atoms with Gasteiger partial charge in [0.05, 0.1) is 7.11 Å². The van der Waals surface area contributed by atoms with Crippen LogP contribution < -0.4 is 15.4 Å². The van der Waals surface area contributed by atoms with Crippen LogP contribution in [0.4, 0.5) is 0 Å². The van der Waals surface area contributed by atoms with Gasteiger partial charge in [0.15, 0.2) is 11.8 Å². The Morgan fingerprint density at radius 1 is 1.25 bits per heavy atom. The van der Waals surface area contributed by atoms with E-state index in [0.717, 1.165) is 61.7 Å². The molecule has 0 saturated heterocycles. The lowest BCUT2D eigenvalue weighted by Crippen LogP contribution is -2.38. The molecule has 28 heavy (non-hydrogen) atoms. The summed E-state index contributed by atoms with van der Waals surface area (Å²) < 4.78 is 10.8. The quantitative estimate of drug-likeness (QED) is 0.312. The molecule has 0 aliphatic heterocycles. The van der Waals surface area contributed by atoms with E-state index in [2.05, 4.69) is 30.8 Å². The number of ether oxygens (including phenoxy) is 2. The minimum absolute atomic E-state index is 0.427. The number of guanidine groups is 1. The molecule has 1 aromatic heterocycles. The van der Waals surface area contributed by atoms with Gasteiger partial charge in [-0.25, -0.2) is 9.98 Å². The third-order valence-corrected chi connectivity index (χ3v) is 4.42. The zero-order valence-corrected chi connectivity index (χ0v) is 16.7. The van der Waals surface area contributed by atoms with Crippen LogP contribution in [0.2, 0.25) is 0 Å². The van der Waals surface area contributed by atoms with Gasteiger partial charge >= 0.3 is 0 Å². The van der Waals surface area contributed by atoms with Gasteiger partial charge in [0.25, 0.3) is 0 Å². The zero-order valence-electron chi connectivity index (χ0n) is 16.7. The van der Waals surface area contributed by atoms with Gasteiger partial charge in [0.1, 0.15) is 18.1 Å². The summed E-state index contributed by atoms with van der Waals surface area (Å²) >= 11 is 0. The molecule has 1 aromatic carbocycles. The Balaban J connectivity index is 1.45. The average Bonchev–Trinajstić information content (AvgIpc) is 3.43. The monoisotopic (exact) mass is 386 g/mol. The molecule has 2 aromatic rings. The molecule has 8 nitrogen and oxygen atoms in total. The van der Waals surface area contributed by atoms with Crippen molar-refractivity contribution in [1.29, 1.82) is 0 Å². The van der Waals surface area contributed by atoms with E-state index in [1.54, 1.807) is 7.11 Å². The number of benzene rings is 1. The van der Waals surface area contributed by atoms with E-state index >= 15 is 0 Å². The van der Waals surface area contributed by atoms with Crippen LogP contribution in [0.25, 0.3) is 11.4 Å². The van der Waals surface area contributed by atoms with Crippen LogP contribution in [-0.4, -0.2) is 54.6 Å². The zero-order chi connectivity index (χ0) is 19.6. The topological polar surface area (TPSA) is 96.5 Å². The highest BCUT2D eigenvalue weighted by Gasteiger charge is 2.20. The molecule has 1 aliphatic carbocycles. The molecular weight excluding hydrogens is 356 g/mol. The van der Waals surface area contributed by atoms with Crippen LogP contribution in [-0.2, 0) is 11.3 Å². The third-order valence-electron chi connectivity index (χ3n) is 4.42. The standard InChI is InChI=1S/C20H30N6O2/c1-3-21-20(22-11-4-12-28-14-15-5-6-15)23-13-18-24-19(26-25-18)16-7-9-17(27-2)10-8-16/h7-10,15H,3-6,11-14H2,1-2H3,(H2,21,22,23)(H,24,25,26). The van der Waals surface area contributed by atoms with Crippen LogP contribution in [0.5, 0.6) is 5.75 Å². The first-order valence-corrected chi connectivity index (χ1v) is 9.94. The van der Waals surface area contributed by atoms with E-state index in [1.165, 1.54) is 12.8 Å². The fraction of sp³-hybridized carbons (Fsp3) is 0.550. The highest BCUT2D eigenvalue weighted by Crippen LogP contribution is 2.28. The van der Waals surface area contributed by atoms with Gasteiger partial charge in [-0.1, -0.05) is 0 Å². The summed E-state index contributed by atoms with van der Waals surface area (Å²) in [5.74, 6) is 3.77. The number of hydrogen-bond donors (Lipinski definition) is 3. The summed E-state index contributed by atoms with van der Waals surface area (Å²) in [6.07, 6.45) is 3.62. The van der Waals surface area contributed by atoms with Crippen LogP contribution in [0.3, 0.4) is 0 Å². The maximum Gasteiger partial charge on any atom is 0.191 e. The van der Waals surface area contributed by atoms with Crippen molar-refractivity contribution in [3.05, 3.63) is 30.1 Å². The number of rotatable bonds is 11. The molecule has 0 unspecified atom stereocenters. The number of hydrogen-bond acceptors (Lipinski definition) is 5. The Morgan fingerprint density at radius 2 is 2.07 bits per heavy atom. The summed E-state index contributed by atoms with van der Waals surface area (Å²) in [7, 11) is 1.65. The number of aliphatic imine (C=N–C) groups is 1. The van der Waals surface area contributed by atoms with E-state index < -0.39 is 0 Å². The normalized spacial score (nSPS) is 14.1. The van der Waals surface area contributed by atoms with Crippen LogP contribution in [0, 0.1) is 5.92 Å². The summed E-state index contributed by atoms with van der Waals surface area (Å²) in [6.45, 7) is 5.80. The van der Waals surface area contributed by atoms with Crippen LogP contribution in [0.15, 0.2) is 29.3 Å². The van der Waals surface area contributed by atoms with Crippen molar-refractivity contribution in [3.8, 4) is 17.1 Å². The maximum absolute atomic E-state index is 5.66. The van der Waals surface area contributed by atoms with E-state index in [9.17, 15) is 0 Å². The van der Waals surface area contributed by atoms with Crippen molar-refractivity contribution in [3.63, 3.8) is 0 Å². The molecule has 1 saturated carbocycles. The number of H-pyrrole nitrogens is 1. The molecule has 152 valence electrons. The fourth-order valence-corrected chi connectivity index (χ4v) is 2.65. The van der Waals surface area contributed by atoms with Gasteiger partial charge in [-0.2, -0.15) is 5.10 Å². The first-order chi connectivity index (χ1) is 13.8. The van der Waals surface area contributed by atoms with Crippen LogP contribution >= 0.6 is 0 Å². The Kier molecular flexibility index (Phi) is 7.66. The summed E-state index contributed by atoms with van der Waals surface area (Å²) in [6, 6.07) is 7.66. The second-order valence-electron chi connectivity index (χ2n) is 6.83. The third kappa shape index (κ3) is 6.53. The Hall–Kier alpha value is -2.61. The number of aromatic amines is 1. The average molecular weight is 387 g/mol. The number of aromatic nitrogens is 3. The first kappa shape index (κ1) is 20.1. The smallest absolute Gasteiger partial charge is 0.191 e. The molecule has 0 atom stereocenters. The number of nitrogens with zero attached hydrogens (tertiary/aromatic N) is 3. The molecule has 0 spiro atoms. The molecule has 0 radical (unpaired) electrons. The lowest BCUT2D eigenvalue weighted by atomic mass is 10.2. The fourth-order valence-electron chi connectivity index (χ4n) is 2.65. The molecule has 0 bridgehead atoms. The van der Waals surface area contributed by atoms with Gasteiger partial charge in [-0.15, -0.1) is 0 Å². The molecule has 1 aliphatic rings. The predicted molar refractivity (Wildman–Crippen MR) is 109 cm³/mol. The van der Waals surface area contributed by atoms with Gasteiger partial charge in [0.2, 0.25) is 0 Å². The number of methoxy groups -OCH3 is 1. The van der Waals surface area contributed by atoms with Crippen molar-refractivity contribution in [2.75, 3.05) is 33.4 Å². The molecule has 1 heterocycles. The lowest BCUT2D eigenvalue weighted by molar-refractivity contribution is 0.123. The minimum Gasteiger partial charge on any atom is -0.497 e. The lowest BCUT2D eigenvalue weighted by Gasteiger charge is -2.11. The van der Waals surface area contributed by atoms with E-state index in [4.69, 9.17) is 9.47 Å². The predicted octanol–water partition coefficient (Wildman–Crippen LogP) is 2.35. The Labute approximate surface area is 166 Å². The summed E-state index contributed by atoms with van der Waals surface area (Å²) in [4.78, 5) is 9.10. The highest BCUT2D eigenvalue weighted by atomic mass is 16.5. The second-order valence-corrected chi connectivity index (χ2v) is 6.83. The Bertz CT molecular complexity index is 739. The van der Waals surface area contributed by atoms with Gasteiger partial charge < -0.3 is 20.1 Å². The molecule has 3 rings (SSSR count). The summed E-state index contributed by atoms with van der Waals surface area (Å²) in [5, 5.41) is 13.8. The van der Waals surface area contributed by atoms with E-state index in [1.807, 2.05) is 31.2 Å². The van der Waals surface area contributed by atoms with Crippen molar-refractivity contribution >= 4 is 5.96 Å². The van der Waals surface area contributed by atoms with Crippen molar-refractivity contribution < 1.29 is 9.47 Å². The SMILES string of the molecule is CCNC(=NCc1nc(-c2ccc(OC)cc2)n[nH]1)NCCCOCC1CC1. The summed E-state index contributed by atoms with van der Waals surface area (Å²) in [5.41, 5.74) is 0.934. The van der Waals surface area contributed by atoms with Crippen molar-refractivity contribution in [2.24, 2.45) is 10.9 Å². The molecular formula is C20H30N6O2. The molecule has 0 amide bonds. The first-order valence-electron chi connectivity index (χ1n) is 9.94. The second kappa shape index (κ2) is 10.7. The molecule has 3 N–H and O–H groups in total. The highest BCUT2D eigenvalue weighted by molar-refractivity contribution is 5.79. The van der Waals surface area contributed by atoms with Crippen LogP contribution in [0.1, 0.15) is 32.0 Å². The van der Waals surface area contributed by atoms with Gasteiger partial charge in [-0.05, 0) is 56.4 Å². The van der Waals surface area contributed by atoms with Gasteiger partial charge in [0, 0.05) is 31.9 Å². The van der Waals surface area contributed by atoms with E-state index in [0.29, 0.717) is 12.4 Å². The molecule has 8 heteroatoms.